The van der Waals surface area contributed by atoms with Gasteiger partial charge in [0.05, 0.1) is 0 Å². The first-order chi connectivity index (χ1) is 6.74. The van der Waals surface area contributed by atoms with Crippen molar-refractivity contribution < 1.29 is 4.74 Å². The Morgan fingerprint density at radius 1 is 1.14 bits per heavy atom. The molecule has 2 heteroatoms. The number of nitrogens with zero attached hydrogens (tertiary/aromatic N) is 1. The summed E-state index contributed by atoms with van der Waals surface area (Å²) in [4.78, 5) is 0. The van der Waals surface area contributed by atoms with Gasteiger partial charge in [-0.3, -0.25) is 0 Å². The predicted octanol–water partition coefficient (Wildman–Crippen LogP) is 3.13. The van der Waals surface area contributed by atoms with Crippen LogP contribution < -0.4 is 4.74 Å². The van der Waals surface area contributed by atoms with E-state index in [0.29, 0.717) is 0 Å². The Kier molecular flexibility index (Phi) is 2.27. The van der Waals surface area contributed by atoms with Crippen molar-refractivity contribution in [3.63, 3.8) is 0 Å². The van der Waals surface area contributed by atoms with Crippen LogP contribution >= 0.6 is 0 Å². The van der Waals surface area contributed by atoms with Crippen molar-refractivity contribution in [2.24, 2.45) is 7.05 Å². The summed E-state index contributed by atoms with van der Waals surface area (Å²) in [6.07, 6.45) is 3.91. The van der Waals surface area contributed by atoms with Crippen LogP contribution in [0.15, 0.2) is 42.7 Å². The smallest absolute Gasteiger partial charge is 0.145 e. The molecule has 2 aromatic rings. The molecule has 0 amide bonds. The topological polar surface area (TPSA) is 14.2 Å². The van der Waals surface area contributed by atoms with E-state index < -0.39 is 0 Å². The summed E-state index contributed by atoms with van der Waals surface area (Å²) >= 11 is 0. The Morgan fingerprint density at radius 2 is 2.00 bits per heavy atom. The van der Waals surface area contributed by atoms with Gasteiger partial charge in [-0.2, -0.15) is 0 Å². The molecule has 0 aliphatic heterocycles. The number of aromatic nitrogens is 1. The van der Waals surface area contributed by atoms with Gasteiger partial charge in [-0.25, -0.2) is 0 Å². The van der Waals surface area contributed by atoms with Crippen molar-refractivity contribution in [2.75, 3.05) is 0 Å². The third-order valence-corrected chi connectivity index (χ3v) is 2.03. The molecule has 0 atom stereocenters. The van der Waals surface area contributed by atoms with Crippen molar-refractivity contribution in [3.8, 4) is 11.5 Å². The Balaban J connectivity index is 2.18. The zero-order valence-corrected chi connectivity index (χ0v) is 8.40. The Hall–Kier alpha value is -1.70. The standard InChI is InChI=1S/C12H13NO/c1-10-4-3-5-11(8-10)14-12-6-7-13(2)9-12/h3-9H,1-2H3. The predicted molar refractivity (Wildman–Crippen MR) is 56.7 cm³/mol. The molecule has 0 saturated heterocycles. The molecule has 1 aromatic heterocycles. The van der Waals surface area contributed by atoms with Gasteiger partial charge in [0.25, 0.3) is 0 Å². The molecule has 0 bridgehead atoms. The summed E-state index contributed by atoms with van der Waals surface area (Å²) in [6, 6.07) is 9.97. The van der Waals surface area contributed by atoms with Crippen LogP contribution in [-0.2, 0) is 7.05 Å². The van der Waals surface area contributed by atoms with Crippen LogP contribution in [0.25, 0.3) is 0 Å². The molecule has 0 saturated carbocycles. The fourth-order valence-corrected chi connectivity index (χ4v) is 1.35. The van der Waals surface area contributed by atoms with E-state index in [-0.39, 0.29) is 0 Å². The minimum Gasteiger partial charge on any atom is -0.456 e. The maximum atomic E-state index is 5.66. The van der Waals surface area contributed by atoms with E-state index in [1.54, 1.807) is 0 Å². The van der Waals surface area contributed by atoms with Gasteiger partial charge < -0.3 is 9.30 Å². The summed E-state index contributed by atoms with van der Waals surface area (Å²) in [5, 5.41) is 0. The van der Waals surface area contributed by atoms with Crippen LogP contribution in [0, 0.1) is 6.92 Å². The number of hydrogen-bond donors (Lipinski definition) is 0. The number of hydrogen-bond acceptors (Lipinski definition) is 1. The van der Waals surface area contributed by atoms with Gasteiger partial charge in [-0.15, -0.1) is 0 Å². The van der Waals surface area contributed by atoms with Gasteiger partial charge in [0.1, 0.15) is 11.5 Å². The van der Waals surface area contributed by atoms with E-state index in [9.17, 15) is 0 Å². The van der Waals surface area contributed by atoms with Crippen molar-refractivity contribution in [2.45, 2.75) is 6.92 Å². The van der Waals surface area contributed by atoms with Crippen molar-refractivity contribution in [1.29, 1.82) is 0 Å². The third kappa shape index (κ3) is 1.96. The lowest BCUT2D eigenvalue weighted by atomic mass is 10.2. The third-order valence-electron chi connectivity index (χ3n) is 2.03. The summed E-state index contributed by atoms with van der Waals surface area (Å²) < 4.78 is 7.62. The fourth-order valence-electron chi connectivity index (χ4n) is 1.35. The molecule has 14 heavy (non-hydrogen) atoms. The molecule has 0 fully saturated rings. The van der Waals surface area contributed by atoms with Crippen LogP contribution in [0.3, 0.4) is 0 Å². The second-order valence-corrected chi connectivity index (χ2v) is 3.43. The molecule has 0 unspecified atom stereocenters. The average molecular weight is 187 g/mol. The summed E-state index contributed by atoms with van der Waals surface area (Å²) in [6.45, 7) is 2.05. The molecule has 1 aromatic carbocycles. The summed E-state index contributed by atoms with van der Waals surface area (Å²) in [5.41, 5.74) is 1.21. The monoisotopic (exact) mass is 187 g/mol. The molecule has 0 N–H and O–H groups in total. The fraction of sp³-hybridized carbons (Fsp3) is 0.167. The molecular formula is C12H13NO. The number of benzene rings is 1. The van der Waals surface area contributed by atoms with Gasteiger partial charge in [0.15, 0.2) is 0 Å². The minimum atomic E-state index is 0.873. The maximum Gasteiger partial charge on any atom is 0.145 e. The number of rotatable bonds is 2. The Bertz CT molecular complexity index is 431. The van der Waals surface area contributed by atoms with Crippen molar-refractivity contribution in [1.82, 2.24) is 4.57 Å². The second kappa shape index (κ2) is 3.58. The van der Waals surface area contributed by atoms with Gasteiger partial charge in [-0.1, -0.05) is 12.1 Å². The summed E-state index contributed by atoms with van der Waals surface area (Å²) in [7, 11) is 1.98. The minimum absolute atomic E-state index is 0.873. The normalized spacial score (nSPS) is 10.1. The number of aryl methyl sites for hydroxylation is 2. The lowest BCUT2D eigenvalue weighted by molar-refractivity contribution is 0.481. The van der Waals surface area contributed by atoms with E-state index in [2.05, 4.69) is 13.0 Å². The highest BCUT2D eigenvalue weighted by Crippen LogP contribution is 2.21. The molecule has 1 heterocycles. The maximum absolute atomic E-state index is 5.66. The summed E-state index contributed by atoms with van der Waals surface area (Å²) in [5.74, 6) is 1.76. The quantitative estimate of drug-likeness (QED) is 0.704. The van der Waals surface area contributed by atoms with Gasteiger partial charge in [0.2, 0.25) is 0 Å². The first-order valence-electron chi connectivity index (χ1n) is 4.60. The average Bonchev–Trinajstić information content (AvgIpc) is 2.51. The van der Waals surface area contributed by atoms with E-state index in [0.717, 1.165) is 11.5 Å². The van der Waals surface area contributed by atoms with Crippen LogP contribution in [0.1, 0.15) is 5.56 Å². The van der Waals surface area contributed by atoms with Crippen LogP contribution in [0.5, 0.6) is 11.5 Å². The molecule has 0 aliphatic rings. The van der Waals surface area contributed by atoms with Crippen LogP contribution in [0.4, 0.5) is 0 Å². The van der Waals surface area contributed by atoms with E-state index in [1.807, 2.05) is 48.3 Å². The van der Waals surface area contributed by atoms with E-state index in [4.69, 9.17) is 4.74 Å². The zero-order chi connectivity index (χ0) is 9.97. The zero-order valence-electron chi connectivity index (χ0n) is 8.40. The lowest BCUT2D eigenvalue weighted by Crippen LogP contribution is -1.83. The molecule has 72 valence electrons. The van der Waals surface area contributed by atoms with Gasteiger partial charge in [0, 0.05) is 19.4 Å². The van der Waals surface area contributed by atoms with Crippen molar-refractivity contribution >= 4 is 0 Å². The highest BCUT2D eigenvalue weighted by Gasteiger charge is 1.97. The van der Waals surface area contributed by atoms with Crippen LogP contribution in [0.2, 0.25) is 0 Å². The van der Waals surface area contributed by atoms with Gasteiger partial charge >= 0.3 is 0 Å². The first kappa shape index (κ1) is 8.88. The molecule has 0 aliphatic carbocycles. The SMILES string of the molecule is Cc1cccc(Oc2ccn(C)c2)c1. The van der Waals surface area contributed by atoms with E-state index >= 15 is 0 Å². The largest absolute Gasteiger partial charge is 0.456 e. The van der Waals surface area contributed by atoms with Gasteiger partial charge in [-0.05, 0) is 30.7 Å². The highest BCUT2D eigenvalue weighted by atomic mass is 16.5. The number of ether oxygens (including phenoxy) is 1. The molecule has 2 rings (SSSR count). The van der Waals surface area contributed by atoms with E-state index in [1.165, 1.54) is 5.56 Å². The molecule has 0 spiro atoms. The van der Waals surface area contributed by atoms with Crippen molar-refractivity contribution in [3.05, 3.63) is 48.3 Å². The second-order valence-electron chi connectivity index (χ2n) is 3.43. The molecular weight excluding hydrogens is 174 g/mol. The molecule has 0 radical (unpaired) electrons. The Labute approximate surface area is 83.8 Å². The highest BCUT2D eigenvalue weighted by molar-refractivity contribution is 5.32. The lowest BCUT2D eigenvalue weighted by Gasteiger charge is -2.03. The van der Waals surface area contributed by atoms with Crippen LogP contribution in [-0.4, -0.2) is 4.57 Å². The Morgan fingerprint density at radius 3 is 2.64 bits per heavy atom. The first-order valence-corrected chi connectivity index (χ1v) is 4.60. The molecule has 2 nitrogen and oxygen atoms in total.